The monoisotopic (exact) mass is 402 g/mol. The van der Waals surface area contributed by atoms with Crippen LogP contribution in [-0.4, -0.2) is 24.8 Å². The predicted molar refractivity (Wildman–Crippen MR) is 93.9 cm³/mol. The van der Waals surface area contributed by atoms with Crippen LogP contribution in [0.25, 0.3) is 0 Å². The maximum Gasteiger partial charge on any atom is 0.407 e. The maximum atomic E-state index is 11.6. The summed E-state index contributed by atoms with van der Waals surface area (Å²) in [6.07, 6.45) is 2.80. The van der Waals surface area contributed by atoms with E-state index in [1.165, 1.54) is 26.8 Å². The normalized spacial score (nSPS) is 14.1. The van der Waals surface area contributed by atoms with Crippen molar-refractivity contribution >= 4 is 34.4 Å². The van der Waals surface area contributed by atoms with Gasteiger partial charge in [-0.05, 0) is 85.9 Å². The quantitative estimate of drug-likeness (QED) is 0.758. The summed E-state index contributed by atoms with van der Waals surface area (Å²) in [5.41, 5.74) is 3.46. The van der Waals surface area contributed by atoms with Gasteiger partial charge in [0.15, 0.2) is 0 Å². The number of fused-ring (bicyclic) bond motifs is 1. The minimum absolute atomic E-state index is 0.353. The molecule has 21 heavy (non-hydrogen) atoms. The van der Waals surface area contributed by atoms with E-state index in [0.29, 0.717) is 6.54 Å². The molecule has 0 aromatic heterocycles. The van der Waals surface area contributed by atoms with Crippen molar-refractivity contribution in [1.29, 1.82) is 0 Å². The van der Waals surface area contributed by atoms with Crippen LogP contribution in [0.4, 0.5) is 10.5 Å². The Balaban J connectivity index is 1.90. The molecule has 0 radical (unpaired) electrons. The molecule has 0 atom stereocenters. The van der Waals surface area contributed by atoms with E-state index < -0.39 is 5.60 Å². The van der Waals surface area contributed by atoms with E-state index in [-0.39, 0.29) is 6.09 Å². The minimum atomic E-state index is -0.450. The zero-order valence-corrected chi connectivity index (χ0v) is 15.0. The molecule has 0 saturated carbocycles. The zero-order chi connectivity index (χ0) is 15.5. The SMILES string of the molecule is CC(C)(C)OC(=O)NCCc1cc2c(cc1I)CCCN2. The lowest BCUT2D eigenvalue weighted by molar-refractivity contribution is 0.0528. The van der Waals surface area contributed by atoms with Crippen LogP contribution < -0.4 is 10.6 Å². The maximum absolute atomic E-state index is 11.6. The number of nitrogens with one attached hydrogen (secondary N) is 2. The molecule has 1 heterocycles. The van der Waals surface area contributed by atoms with E-state index in [1.807, 2.05) is 20.8 Å². The van der Waals surface area contributed by atoms with Crippen LogP contribution in [0.5, 0.6) is 0 Å². The Labute approximate surface area is 140 Å². The van der Waals surface area contributed by atoms with Crippen molar-refractivity contribution in [3.05, 3.63) is 26.8 Å². The molecular weight excluding hydrogens is 379 g/mol. The van der Waals surface area contributed by atoms with Crippen LogP contribution in [0.2, 0.25) is 0 Å². The highest BCUT2D eigenvalue weighted by molar-refractivity contribution is 14.1. The Hall–Kier alpha value is -0.980. The minimum Gasteiger partial charge on any atom is -0.444 e. The van der Waals surface area contributed by atoms with Gasteiger partial charge in [-0.1, -0.05) is 0 Å². The van der Waals surface area contributed by atoms with E-state index in [0.717, 1.165) is 19.4 Å². The van der Waals surface area contributed by atoms with Crippen LogP contribution in [0.15, 0.2) is 12.1 Å². The van der Waals surface area contributed by atoms with Gasteiger partial charge in [-0.15, -0.1) is 0 Å². The third kappa shape index (κ3) is 5.05. The number of alkyl carbamates (subject to hydrolysis) is 1. The van der Waals surface area contributed by atoms with Crippen LogP contribution in [0.1, 0.15) is 38.3 Å². The molecule has 1 aliphatic heterocycles. The smallest absolute Gasteiger partial charge is 0.407 e. The third-order valence-corrected chi connectivity index (χ3v) is 4.28. The molecule has 5 heteroatoms. The lowest BCUT2D eigenvalue weighted by Gasteiger charge is -2.21. The molecule has 1 aliphatic rings. The topological polar surface area (TPSA) is 50.4 Å². The summed E-state index contributed by atoms with van der Waals surface area (Å²) in [6, 6.07) is 4.47. The van der Waals surface area contributed by atoms with Crippen LogP contribution in [-0.2, 0) is 17.6 Å². The Morgan fingerprint density at radius 3 is 2.90 bits per heavy atom. The second-order valence-electron chi connectivity index (χ2n) is 6.31. The van der Waals surface area contributed by atoms with Gasteiger partial charge in [0.25, 0.3) is 0 Å². The van der Waals surface area contributed by atoms with Gasteiger partial charge >= 0.3 is 6.09 Å². The second kappa shape index (κ2) is 6.85. The van der Waals surface area contributed by atoms with Crippen molar-refractivity contribution in [2.75, 3.05) is 18.4 Å². The number of carbonyl (C=O) groups excluding carboxylic acids is 1. The number of hydrogen-bond acceptors (Lipinski definition) is 3. The standard InChI is InChI=1S/C16H23IN2O2/c1-16(2,3)21-15(20)19-8-6-11-10-14-12(9-13(11)17)5-4-7-18-14/h9-10,18H,4-8H2,1-3H3,(H,19,20). The molecule has 0 unspecified atom stereocenters. The number of rotatable bonds is 3. The second-order valence-corrected chi connectivity index (χ2v) is 7.47. The molecule has 0 fully saturated rings. The fraction of sp³-hybridized carbons (Fsp3) is 0.562. The van der Waals surface area contributed by atoms with E-state index in [9.17, 15) is 4.79 Å². The number of benzene rings is 1. The fourth-order valence-corrected chi connectivity index (χ4v) is 3.14. The summed E-state index contributed by atoms with van der Waals surface area (Å²) < 4.78 is 6.50. The number of carbonyl (C=O) groups is 1. The van der Waals surface area contributed by atoms with Crippen LogP contribution in [0, 0.1) is 3.57 Å². The van der Waals surface area contributed by atoms with Crippen LogP contribution in [0.3, 0.4) is 0 Å². The molecule has 1 aromatic carbocycles. The molecule has 0 saturated heterocycles. The van der Waals surface area contributed by atoms with Gasteiger partial charge in [-0.3, -0.25) is 0 Å². The number of amides is 1. The average molecular weight is 402 g/mol. The number of ether oxygens (including phenoxy) is 1. The number of aryl methyl sites for hydroxylation is 1. The first-order chi connectivity index (χ1) is 9.85. The van der Waals surface area contributed by atoms with Crippen molar-refractivity contribution in [2.24, 2.45) is 0 Å². The van der Waals surface area contributed by atoms with Gasteiger partial charge in [0.1, 0.15) is 5.60 Å². The molecule has 2 N–H and O–H groups in total. The Morgan fingerprint density at radius 1 is 1.43 bits per heavy atom. The highest BCUT2D eigenvalue weighted by Crippen LogP contribution is 2.27. The molecule has 116 valence electrons. The van der Waals surface area contributed by atoms with Crippen molar-refractivity contribution in [3.63, 3.8) is 0 Å². The number of anilines is 1. The summed E-state index contributed by atoms with van der Waals surface area (Å²) in [5, 5.41) is 6.26. The molecule has 0 bridgehead atoms. The zero-order valence-electron chi connectivity index (χ0n) is 12.9. The lowest BCUT2D eigenvalue weighted by Crippen LogP contribution is -2.33. The summed E-state index contributed by atoms with van der Waals surface area (Å²) in [6.45, 7) is 7.23. The molecule has 1 amide bonds. The third-order valence-electron chi connectivity index (χ3n) is 3.27. The molecule has 0 spiro atoms. The fourth-order valence-electron chi connectivity index (χ4n) is 2.34. The first-order valence-corrected chi connectivity index (χ1v) is 8.45. The van der Waals surface area contributed by atoms with Gasteiger partial charge in [0.2, 0.25) is 0 Å². The summed E-state index contributed by atoms with van der Waals surface area (Å²) >= 11 is 2.37. The Morgan fingerprint density at radius 2 is 2.19 bits per heavy atom. The molecular formula is C16H23IN2O2. The highest BCUT2D eigenvalue weighted by Gasteiger charge is 2.16. The molecule has 4 nitrogen and oxygen atoms in total. The first-order valence-electron chi connectivity index (χ1n) is 7.37. The number of halogens is 1. The van der Waals surface area contributed by atoms with Crippen molar-refractivity contribution in [2.45, 2.75) is 45.6 Å². The molecule has 1 aromatic rings. The summed E-state index contributed by atoms with van der Waals surface area (Å²) in [5.74, 6) is 0. The van der Waals surface area contributed by atoms with E-state index in [4.69, 9.17) is 4.74 Å². The van der Waals surface area contributed by atoms with Gasteiger partial charge < -0.3 is 15.4 Å². The largest absolute Gasteiger partial charge is 0.444 e. The predicted octanol–water partition coefficient (Wildman–Crippen LogP) is 3.72. The Kier molecular flexibility index (Phi) is 5.35. The van der Waals surface area contributed by atoms with Gasteiger partial charge in [0, 0.05) is 22.3 Å². The first kappa shape index (κ1) is 16.4. The number of hydrogen-bond donors (Lipinski definition) is 2. The molecule has 2 rings (SSSR count). The Bertz CT molecular complexity index is 524. The van der Waals surface area contributed by atoms with E-state index in [2.05, 4.69) is 45.4 Å². The summed E-state index contributed by atoms with van der Waals surface area (Å²) in [4.78, 5) is 11.6. The summed E-state index contributed by atoms with van der Waals surface area (Å²) in [7, 11) is 0. The average Bonchev–Trinajstić information content (AvgIpc) is 2.37. The lowest BCUT2D eigenvalue weighted by atomic mass is 10.00. The van der Waals surface area contributed by atoms with Gasteiger partial charge in [-0.25, -0.2) is 4.79 Å². The van der Waals surface area contributed by atoms with Crippen molar-refractivity contribution < 1.29 is 9.53 Å². The van der Waals surface area contributed by atoms with Gasteiger partial charge in [0.05, 0.1) is 0 Å². The molecule has 0 aliphatic carbocycles. The van der Waals surface area contributed by atoms with Crippen molar-refractivity contribution in [1.82, 2.24) is 5.32 Å². The van der Waals surface area contributed by atoms with E-state index in [1.54, 1.807) is 0 Å². The van der Waals surface area contributed by atoms with Gasteiger partial charge in [-0.2, -0.15) is 0 Å². The van der Waals surface area contributed by atoms with Crippen LogP contribution >= 0.6 is 22.6 Å². The van der Waals surface area contributed by atoms with E-state index >= 15 is 0 Å². The highest BCUT2D eigenvalue weighted by atomic mass is 127. The van der Waals surface area contributed by atoms with Crippen molar-refractivity contribution in [3.8, 4) is 0 Å².